The molecule has 2 rings (SSSR count). The molecule has 0 heterocycles. The van der Waals surface area contributed by atoms with E-state index in [1.54, 1.807) is 13.1 Å². The van der Waals surface area contributed by atoms with Gasteiger partial charge in [0.1, 0.15) is 5.69 Å². The molecule has 0 aliphatic rings. The van der Waals surface area contributed by atoms with E-state index in [-0.39, 0.29) is 19.1 Å². The van der Waals surface area contributed by atoms with Crippen molar-refractivity contribution in [1.82, 2.24) is 0 Å². The van der Waals surface area contributed by atoms with Crippen molar-refractivity contribution in [3.8, 4) is 5.75 Å². The van der Waals surface area contributed by atoms with Gasteiger partial charge in [-0.1, -0.05) is 29.8 Å². The lowest BCUT2D eigenvalue weighted by molar-refractivity contribution is 0.482. The third kappa shape index (κ3) is 3.88. The van der Waals surface area contributed by atoms with Crippen molar-refractivity contribution in [2.45, 2.75) is 6.92 Å². The van der Waals surface area contributed by atoms with E-state index in [1.807, 2.05) is 31.2 Å². The second-order valence-corrected chi connectivity index (χ2v) is 4.31. The van der Waals surface area contributed by atoms with Crippen LogP contribution in [0.15, 0.2) is 61.0 Å². The van der Waals surface area contributed by atoms with Gasteiger partial charge in [-0.05, 0) is 18.4 Å². The molecule has 21 heavy (non-hydrogen) atoms. The number of hydrogen-bond donors (Lipinski definition) is 1. The lowest BCUT2D eigenvalue weighted by Crippen LogP contribution is -1.78. The number of hydrogen-bond acceptors (Lipinski definition) is 7. The Bertz CT molecular complexity index is 708. The lowest BCUT2D eigenvalue weighted by atomic mass is 10.1. The number of rotatable bonds is 5. The van der Waals surface area contributed by atoms with E-state index in [2.05, 4.69) is 30.7 Å². The molecule has 0 atom stereocenters. The van der Waals surface area contributed by atoms with Gasteiger partial charge in [-0.25, -0.2) is 0 Å². The first-order valence-corrected chi connectivity index (χ1v) is 6.41. The molecule has 2 aromatic carbocycles. The summed E-state index contributed by atoms with van der Waals surface area (Å²) in [7, 11) is 1.57. The minimum atomic E-state index is 0.0879. The molecule has 0 aliphatic heterocycles. The van der Waals surface area contributed by atoms with Crippen molar-refractivity contribution < 1.29 is 5.11 Å². The number of aryl methyl sites for hydroxylation is 1. The molecule has 0 saturated carbocycles. The van der Waals surface area contributed by atoms with Gasteiger partial charge < -0.3 is 5.11 Å². The highest BCUT2D eigenvalue weighted by Gasteiger charge is 2.05. The van der Waals surface area contributed by atoms with Crippen LogP contribution in [-0.4, -0.2) is 25.5 Å². The molecular weight excluding hydrogens is 268 g/mol. The van der Waals surface area contributed by atoms with Crippen molar-refractivity contribution in [1.29, 1.82) is 0 Å². The summed E-state index contributed by atoms with van der Waals surface area (Å²) < 4.78 is 0. The predicted octanol–water partition coefficient (Wildman–Crippen LogP) is 4.39. The Morgan fingerprint density at radius 3 is 2.48 bits per heavy atom. The van der Waals surface area contributed by atoms with Gasteiger partial charge in [-0.15, -0.1) is 0 Å². The number of benzene rings is 2. The van der Waals surface area contributed by atoms with Crippen LogP contribution in [0.1, 0.15) is 5.56 Å². The summed E-state index contributed by atoms with van der Waals surface area (Å²) in [5.74, 6) is 0.118. The van der Waals surface area contributed by atoms with Crippen LogP contribution in [0.4, 0.5) is 5.69 Å². The zero-order valence-electron chi connectivity index (χ0n) is 11.9. The normalized spacial score (nSPS) is 12.3. The topological polar surface area (TPSA) is 94.4 Å². The van der Waals surface area contributed by atoms with Crippen LogP contribution in [0.3, 0.4) is 0 Å². The van der Waals surface area contributed by atoms with Gasteiger partial charge in [-0.2, -0.15) is 30.7 Å². The molecule has 0 amide bonds. The summed E-state index contributed by atoms with van der Waals surface area (Å²) in [5, 5.41) is 34.4. The summed E-state index contributed by atoms with van der Waals surface area (Å²) in [6.07, 6.45) is 0. The first kappa shape index (κ1) is 14.7. The van der Waals surface area contributed by atoms with Gasteiger partial charge in [0.25, 0.3) is 0 Å². The largest absolute Gasteiger partial charge is 0.505 e. The molecule has 0 unspecified atom stereocenters. The highest BCUT2D eigenvalue weighted by Crippen LogP contribution is 2.35. The average molecular weight is 284 g/mol. The van der Waals surface area contributed by atoms with Crippen molar-refractivity contribution >= 4 is 16.5 Å². The van der Waals surface area contributed by atoms with Crippen LogP contribution in [0.25, 0.3) is 10.8 Å². The maximum Gasteiger partial charge on any atom is 0.171 e. The Morgan fingerprint density at radius 1 is 0.952 bits per heavy atom. The van der Waals surface area contributed by atoms with E-state index in [9.17, 15) is 5.11 Å². The molecular formula is C14H16N6O. The maximum atomic E-state index is 10.2. The standard InChI is InChI=1S/C14H16N6O/c1-10-3-5-12-11(7-10)4-6-13(14(12)21)20-19-9-18-17-8-16-15-2/h3-7,21H,8-9H2,1-2H3. The highest BCUT2D eigenvalue weighted by molar-refractivity contribution is 5.92. The van der Waals surface area contributed by atoms with E-state index in [4.69, 9.17) is 0 Å². The molecule has 0 fully saturated rings. The van der Waals surface area contributed by atoms with Gasteiger partial charge in [0.15, 0.2) is 19.1 Å². The number of aromatic hydroxyl groups is 1. The van der Waals surface area contributed by atoms with E-state index in [0.29, 0.717) is 5.69 Å². The molecule has 0 spiro atoms. The second kappa shape index (κ2) is 7.18. The molecule has 0 radical (unpaired) electrons. The van der Waals surface area contributed by atoms with E-state index >= 15 is 0 Å². The quantitative estimate of drug-likeness (QED) is 0.810. The molecule has 7 nitrogen and oxygen atoms in total. The van der Waals surface area contributed by atoms with E-state index in [0.717, 1.165) is 16.3 Å². The fraction of sp³-hybridized carbons (Fsp3) is 0.286. The molecule has 2 aromatic rings. The average Bonchev–Trinajstić information content (AvgIpc) is 2.48. The summed E-state index contributed by atoms with van der Waals surface area (Å²) in [5.41, 5.74) is 1.55. The van der Waals surface area contributed by atoms with Gasteiger partial charge in [0.2, 0.25) is 0 Å². The lowest BCUT2D eigenvalue weighted by Gasteiger charge is -2.04. The number of nitrogens with zero attached hydrogens (tertiary/aromatic N) is 6. The second-order valence-electron chi connectivity index (χ2n) is 4.31. The third-order valence-corrected chi connectivity index (χ3v) is 2.80. The fourth-order valence-electron chi connectivity index (χ4n) is 1.82. The molecule has 0 aliphatic carbocycles. The Hall–Kier alpha value is -2.70. The maximum absolute atomic E-state index is 10.2. The number of fused-ring (bicyclic) bond motifs is 1. The first-order chi connectivity index (χ1) is 10.2. The minimum absolute atomic E-state index is 0.0879. The summed E-state index contributed by atoms with van der Waals surface area (Å²) in [4.78, 5) is 0. The molecule has 0 aromatic heterocycles. The Balaban J connectivity index is 2.10. The van der Waals surface area contributed by atoms with Gasteiger partial charge in [0.05, 0.1) is 0 Å². The first-order valence-electron chi connectivity index (χ1n) is 6.41. The van der Waals surface area contributed by atoms with E-state index in [1.165, 1.54) is 0 Å². The van der Waals surface area contributed by atoms with Crippen molar-refractivity contribution in [3.05, 3.63) is 35.9 Å². The zero-order chi connectivity index (χ0) is 15.1. The smallest absolute Gasteiger partial charge is 0.171 e. The summed E-state index contributed by atoms with van der Waals surface area (Å²) >= 11 is 0. The minimum Gasteiger partial charge on any atom is -0.505 e. The van der Waals surface area contributed by atoms with E-state index < -0.39 is 0 Å². The fourth-order valence-corrected chi connectivity index (χ4v) is 1.82. The van der Waals surface area contributed by atoms with Crippen LogP contribution in [0.2, 0.25) is 0 Å². The Morgan fingerprint density at radius 2 is 1.71 bits per heavy atom. The summed E-state index contributed by atoms with van der Waals surface area (Å²) in [6, 6.07) is 9.45. The molecule has 108 valence electrons. The van der Waals surface area contributed by atoms with Gasteiger partial charge >= 0.3 is 0 Å². The number of phenols is 1. The number of azo groups is 3. The highest BCUT2D eigenvalue weighted by atomic mass is 16.3. The van der Waals surface area contributed by atoms with Crippen molar-refractivity contribution in [3.63, 3.8) is 0 Å². The SMILES string of the molecule is CN=NCN=NCN=Nc1ccc2cc(C)ccc2c1O. The van der Waals surface area contributed by atoms with Crippen LogP contribution >= 0.6 is 0 Å². The molecule has 7 heteroatoms. The molecule has 0 saturated heterocycles. The molecule has 1 N–H and O–H groups in total. The Labute approximate surface area is 122 Å². The van der Waals surface area contributed by atoms with Gasteiger partial charge in [-0.3, -0.25) is 0 Å². The van der Waals surface area contributed by atoms with Gasteiger partial charge in [0, 0.05) is 12.4 Å². The molecule has 0 bridgehead atoms. The van der Waals surface area contributed by atoms with Crippen LogP contribution in [0, 0.1) is 6.92 Å². The monoisotopic (exact) mass is 284 g/mol. The number of phenolic OH excluding ortho intramolecular Hbond substituents is 1. The zero-order valence-corrected chi connectivity index (χ0v) is 11.9. The van der Waals surface area contributed by atoms with Crippen molar-refractivity contribution in [2.24, 2.45) is 30.7 Å². The summed E-state index contributed by atoms with van der Waals surface area (Å²) in [6.45, 7) is 2.28. The van der Waals surface area contributed by atoms with Crippen molar-refractivity contribution in [2.75, 3.05) is 20.4 Å². The Kier molecular flexibility index (Phi) is 5.03. The predicted molar refractivity (Wildman–Crippen MR) is 80.2 cm³/mol. The third-order valence-electron chi connectivity index (χ3n) is 2.80. The van der Waals surface area contributed by atoms with Crippen LogP contribution < -0.4 is 0 Å². The van der Waals surface area contributed by atoms with Crippen LogP contribution in [0.5, 0.6) is 5.75 Å². The van der Waals surface area contributed by atoms with Crippen LogP contribution in [-0.2, 0) is 0 Å².